The molecule has 2 atom stereocenters. The molecular formula is C18H26Cl2O10. The van der Waals surface area contributed by atoms with E-state index in [1.165, 1.54) is 19.9 Å². The normalized spacial score (nSPS) is 12.5. The number of carboxylic acid groups (broad SMARTS) is 1. The monoisotopic (exact) mass is 472 g/mol. The van der Waals surface area contributed by atoms with Crippen LogP contribution in [0.4, 0.5) is 0 Å². The third kappa shape index (κ3) is 17.9. The average molecular weight is 473 g/mol. The standard InChI is InChI=1S/2C9H13ClO5/c1-6(2)9(13)15-5-7(11)4-14-8(12)3-10;1-6(9(13)14)2-3-7(11)5-15-8(12)4-10/h7,11H,1,3-5H2,2H3;2,7,11H,3-5H2,1H3,(H,13,14). The average Bonchev–Trinajstić information content (AvgIpc) is 2.72. The minimum atomic E-state index is -1.06. The molecule has 0 aromatic rings. The first-order chi connectivity index (χ1) is 13.9. The number of carbonyl (C=O) groups excluding carboxylic acids is 3. The number of hydrogen-bond donors (Lipinski definition) is 3. The van der Waals surface area contributed by atoms with Gasteiger partial charge in [0, 0.05) is 11.1 Å². The lowest BCUT2D eigenvalue weighted by Gasteiger charge is -2.11. The Morgan fingerprint density at radius 3 is 1.73 bits per heavy atom. The molecule has 0 saturated heterocycles. The van der Waals surface area contributed by atoms with Crippen LogP contribution in [0.3, 0.4) is 0 Å². The van der Waals surface area contributed by atoms with Crippen LogP contribution in [0.2, 0.25) is 0 Å². The molecule has 0 saturated carbocycles. The van der Waals surface area contributed by atoms with Gasteiger partial charge in [-0.05, 0) is 20.3 Å². The van der Waals surface area contributed by atoms with Crippen LogP contribution >= 0.6 is 23.2 Å². The van der Waals surface area contributed by atoms with Gasteiger partial charge in [0.15, 0.2) is 0 Å². The largest absolute Gasteiger partial charge is 0.478 e. The van der Waals surface area contributed by atoms with Crippen LogP contribution in [0.1, 0.15) is 20.3 Å². The van der Waals surface area contributed by atoms with Crippen LogP contribution in [0.15, 0.2) is 23.8 Å². The van der Waals surface area contributed by atoms with E-state index in [0.29, 0.717) is 0 Å². The molecule has 12 heteroatoms. The van der Waals surface area contributed by atoms with Crippen molar-refractivity contribution >= 4 is 47.1 Å². The SMILES string of the molecule is C=C(C)C(=O)OCC(O)COC(=O)CCl.CC(=CCC(O)COC(=O)CCl)C(=O)O. The molecule has 3 N–H and O–H groups in total. The number of carboxylic acids is 1. The second kappa shape index (κ2) is 17.7. The zero-order chi connectivity index (χ0) is 23.7. The summed E-state index contributed by atoms with van der Waals surface area (Å²) in [6, 6.07) is 0. The zero-order valence-electron chi connectivity index (χ0n) is 16.6. The van der Waals surface area contributed by atoms with Crippen molar-refractivity contribution in [3.8, 4) is 0 Å². The van der Waals surface area contributed by atoms with E-state index in [1.54, 1.807) is 0 Å². The number of alkyl halides is 2. The number of halogens is 2. The van der Waals surface area contributed by atoms with Gasteiger partial charge in [0.25, 0.3) is 0 Å². The molecule has 0 rings (SSSR count). The van der Waals surface area contributed by atoms with Gasteiger partial charge in [-0.1, -0.05) is 12.7 Å². The quantitative estimate of drug-likeness (QED) is 0.160. The summed E-state index contributed by atoms with van der Waals surface area (Å²) in [4.78, 5) is 42.4. The van der Waals surface area contributed by atoms with Crippen LogP contribution < -0.4 is 0 Å². The van der Waals surface area contributed by atoms with Crippen LogP contribution in [-0.2, 0) is 33.4 Å². The molecule has 0 bridgehead atoms. The molecule has 0 amide bonds. The fourth-order valence-electron chi connectivity index (χ4n) is 1.27. The van der Waals surface area contributed by atoms with Gasteiger partial charge in [0.05, 0.1) is 6.10 Å². The van der Waals surface area contributed by atoms with E-state index >= 15 is 0 Å². The molecule has 0 aromatic carbocycles. The summed E-state index contributed by atoms with van der Waals surface area (Å²) < 4.78 is 13.7. The summed E-state index contributed by atoms with van der Waals surface area (Å²) in [6.07, 6.45) is -0.484. The summed E-state index contributed by atoms with van der Waals surface area (Å²) in [7, 11) is 0. The van der Waals surface area contributed by atoms with Crippen molar-refractivity contribution in [2.75, 3.05) is 31.6 Å². The zero-order valence-corrected chi connectivity index (χ0v) is 18.1. The molecule has 0 aliphatic heterocycles. The minimum Gasteiger partial charge on any atom is -0.478 e. The van der Waals surface area contributed by atoms with Gasteiger partial charge >= 0.3 is 23.9 Å². The highest BCUT2D eigenvalue weighted by molar-refractivity contribution is 6.26. The summed E-state index contributed by atoms with van der Waals surface area (Å²) in [5, 5.41) is 27.0. The second-order valence-electron chi connectivity index (χ2n) is 5.75. The second-order valence-corrected chi connectivity index (χ2v) is 6.28. The molecule has 172 valence electrons. The maximum Gasteiger partial charge on any atom is 0.333 e. The lowest BCUT2D eigenvalue weighted by Crippen LogP contribution is -2.25. The first-order valence-electron chi connectivity index (χ1n) is 8.46. The van der Waals surface area contributed by atoms with Crippen molar-refractivity contribution in [2.24, 2.45) is 0 Å². The van der Waals surface area contributed by atoms with Crippen LogP contribution in [0.25, 0.3) is 0 Å². The molecule has 2 unspecified atom stereocenters. The number of carbonyl (C=O) groups is 4. The van der Waals surface area contributed by atoms with E-state index in [2.05, 4.69) is 20.8 Å². The Morgan fingerprint density at radius 2 is 1.33 bits per heavy atom. The Bertz CT molecular complexity index is 618. The van der Waals surface area contributed by atoms with E-state index in [4.69, 9.17) is 28.3 Å². The predicted molar refractivity (Wildman–Crippen MR) is 107 cm³/mol. The first kappa shape index (κ1) is 30.1. The summed E-state index contributed by atoms with van der Waals surface area (Å²) >= 11 is 10.3. The Labute approximate surface area is 184 Å². The Balaban J connectivity index is 0. The third-order valence-electron chi connectivity index (χ3n) is 2.88. The molecule has 0 fully saturated rings. The number of hydrogen-bond acceptors (Lipinski definition) is 9. The number of aliphatic hydroxyl groups is 2. The van der Waals surface area contributed by atoms with Gasteiger partial charge in [-0.3, -0.25) is 9.59 Å². The highest BCUT2D eigenvalue weighted by Crippen LogP contribution is 2.01. The summed E-state index contributed by atoms with van der Waals surface area (Å²) in [6.45, 7) is 5.58. The molecule has 10 nitrogen and oxygen atoms in total. The number of esters is 3. The predicted octanol–water partition coefficient (Wildman–Crippen LogP) is 0.799. The first-order valence-corrected chi connectivity index (χ1v) is 9.53. The van der Waals surface area contributed by atoms with Gasteiger partial charge in [0.1, 0.15) is 37.7 Å². The maximum absolute atomic E-state index is 10.9. The van der Waals surface area contributed by atoms with E-state index in [1.807, 2.05) is 0 Å². The molecule has 0 aromatic heterocycles. The molecule has 0 aliphatic rings. The van der Waals surface area contributed by atoms with Gasteiger partial charge < -0.3 is 29.5 Å². The lowest BCUT2D eigenvalue weighted by molar-refractivity contribution is -0.148. The van der Waals surface area contributed by atoms with E-state index < -0.39 is 36.1 Å². The summed E-state index contributed by atoms with van der Waals surface area (Å²) in [5.41, 5.74) is 0.373. The van der Waals surface area contributed by atoms with Gasteiger partial charge in [0.2, 0.25) is 0 Å². The Hall–Kier alpha value is -2.14. The van der Waals surface area contributed by atoms with Crippen LogP contribution in [0, 0.1) is 0 Å². The van der Waals surface area contributed by atoms with E-state index in [9.17, 15) is 29.4 Å². The van der Waals surface area contributed by atoms with Gasteiger partial charge in [-0.25, -0.2) is 9.59 Å². The number of aliphatic hydroxyl groups excluding tert-OH is 2. The topological polar surface area (TPSA) is 157 Å². The molecule has 0 heterocycles. The highest BCUT2D eigenvalue weighted by atomic mass is 35.5. The van der Waals surface area contributed by atoms with Crippen molar-refractivity contribution in [3.63, 3.8) is 0 Å². The Kier molecular flexibility index (Phi) is 17.7. The van der Waals surface area contributed by atoms with Crippen molar-refractivity contribution in [3.05, 3.63) is 23.8 Å². The van der Waals surface area contributed by atoms with Crippen molar-refractivity contribution < 1.29 is 48.7 Å². The van der Waals surface area contributed by atoms with Crippen molar-refractivity contribution in [1.29, 1.82) is 0 Å². The number of ether oxygens (including phenoxy) is 3. The van der Waals surface area contributed by atoms with Gasteiger partial charge in [-0.2, -0.15) is 0 Å². The molecule has 0 radical (unpaired) electrons. The number of aliphatic carboxylic acids is 1. The van der Waals surface area contributed by atoms with E-state index in [-0.39, 0.29) is 49.1 Å². The van der Waals surface area contributed by atoms with Crippen LogP contribution in [-0.4, -0.2) is 83.0 Å². The maximum atomic E-state index is 10.9. The highest BCUT2D eigenvalue weighted by Gasteiger charge is 2.11. The molecule has 0 spiro atoms. The minimum absolute atomic E-state index is 0.119. The summed E-state index contributed by atoms with van der Waals surface area (Å²) in [5.74, 6) is -3.44. The smallest absolute Gasteiger partial charge is 0.333 e. The lowest BCUT2D eigenvalue weighted by atomic mass is 10.2. The number of rotatable bonds is 12. The fraction of sp³-hybridized carbons (Fsp3) is 0.556. The van der Waals surface area contributed by atoms with Crippen molar-refractivity contribution in [1.82, 2.24) is 0 Å². The Morgan fingerprint density at radius 1 is 0.900 bits per heavy atom. The van der Waals surface area contributed by atoms with Crippen LogP contribution in [0.5, 0.6) is 0 Å². The fourth-order valence-corrected chi connectivity index (χ4v) is 1.42. The third-order valence-corrected chi connectivity index (χ3v) is 3.32. The molecular weight excluding hydrogens is 447 g/mol. The van der Waals surface area contributed by atoms with Crippen molar-refractivity contribution in [2.45, 2.75) is 32.5 Å². The molecule has 0 aliphatic carbocycles. The molecule has 30 heavy (non-hydrogen) atoms. The van der Waals surface area contributed by atoms with Gasteiger partial charge in [-0.15, -0.1) is 23.2 Å². The van der Waals surface area contributed by atoms with E-state index in [0.717, 1.165) is 0 Å².